The summed E-state index contributed by atoms with van der Waals surface area (Å²) in [4.78, 5) is 0. The lowest BCUT2D eigenvalue weighted by Gasteiger charge is -2.18. The summed E-state index contributed by atoms with van der Waals surface area (Å²) in [5.41, 5.74) is 1.12. The van der Waals surface area contributed by atoms with E-state index in [2.05, 4.69) is 13.8 Å². The minimum Gasteiger partial charge on any atom is -0.400 e. The second-order valence-electron chi connectivity index (χ2n) is 4.99. The van der Waals surface area contributed by atoms with Crippen molar-refractivity contribution in [3.63, 3.8) is 0 Å². The first-order valence-electron chi connectivity index (χ1n) is 7.29. The molecular formula is C12H30O4S4Si2. The predicted octanol–water partition coefficient (Wildman–Crippen LogP) is 4.25. The van der Waals surface area contributed by atoms with Gasteiger partial charge in [-0.25, -0.2) is 0 Å². The van der Waals surface area contributed by atoms with E-state index in [1.54, 1.807) is 28.4 Å². The van der Waals surface area contributed by atoms with Gasteiger partial charge in [0.2, 0.25) is 0 Å². The fourth-order valence-electron chi connectivity index (χ4n) is 1.97. The van der Waals surface area contributed by atoms with Gasteiger partial charge in [0.25, 0.3) is 0 Å². The highest BCUT2D eigenvalue weighted by atomic mass is 33.7. The maximum Gasteiger partial charge on any atom is 0.323 e. The van der Waals surface area contributed by atoms with Crippen LogP contribution in [0.5, 0.6) is 0 Å². The number of rotatable bonds is 15. The Bertz CT molecular complexity index is 225. The molecule has 10 heteroatoms. The molecule has 0 radical (unpaired) electrons. The lowest BCUT2D eigenvalue weighted by atomic mass is 10.4. The van der Waals surface area contributed by atoms with E-state index < -0.39 is 18.6 Å². The van der Waals surface area contributed by atoms with E-state index in [4.69, 9.17) is 17.7 Å². The molecule has 134 valence electrons. The van der Waals surface area contributed by atoms with Crippen LogP contribution in [-0.4, -0.2) is 58.5 Å². The van der Waals surface area contributed by atoms with Crippen LogP contribution in [0.3, 0.4) is 0 Å². The number of hydrogen-bond acceptors (Lipinski definition) is 8. The van der Waals surface area contributed by atoms with Gasteiger partial charge in [-0.1, -0.05) is 35.4 Å². The second-order valence-corrected chi connectivity index (χ2v) is 16.9. The summed E-state index contributed by atoms with van der Waals surface area (Å²) in [6, 6.07) is 0. The van der Waals surface area contributed by atoms with Crippen molar-refractivity contribution >= 4 is 59.8 Å². The van der Waals surface area contributed by atoms with Crippen molar-refractivity contribution in [3.8, 4) is 0 Å². The molecule has 0 fully saturated rings. The van der Waals surface area contributed by atoms with Crippen molar-refractivity contribution < 1.29 is 17.7 Å². The summed E-state index contributed by atoms with van der Waals surface area (Å²) >= 11 is 0. The van der Waals surface area contributed by atoms with E-state index in [1.165, 1.54) is 0 Å². The van der Waals surface area contributed by atoms with Crippen LogP contribution in [0.4, 0.5) is 0 Å². The Morgan fingerprint density at radius 3 is 1.27 bits per heavy atom. The Kier molecular flexibility index (Phi) is 17.4. The molecule has 4 nitrogen and oxygen atoms in total. The van der Waals surface area contributed by atoms with E-state index >= 15 is 0 Å². The van der Waals surface area contributed by atoms with Gasteiger partial charge in [-0.3, -0.25) is 0 Å². The zero-order valence-corrected chi connectivity index (χ0v) is 20.0. The minimum absolute atomic E-state index is 0.562. The molecule has 0 aromatic carbocycles. The summed E-state index contributed by atoms with van der Waals surface area (Å²) in [7, 11) is 11.7. The lowest BCUT2D eigenvalue weighted by molar-refractivity contribution is 0.266. The largest absolute Gasteiger partial charge is 0.400 e. The normalized spacial score (nSPS) is 14.7. The molecule has 0 aromatic heterocycles. The molecule has 2 atom stereocenters. The monoisotopic (exact) mass is 422 g/mol. The van der Waals surface area contributed by atoms with Crippen molar-refractivity contribution in [3.05, 3.63) is 0 Å². The summed E-state index contributed by atoms with van der Waals surface area (Å²) in [5, 5.41) is 0. The Hall–Kier alpha value is 1.67. The first kappa shape index (κ1) is 23.7. The summed E-state index contributed by atoms with van der Waals surface area (Å²) < 4.78 is 21.6. The van der Waals surface area contributed by atoms with Crippen LogP contribution in [0.1, 0.15) is 26.7 Å². The zero-order chi connectivity index (χ0) is 16.8. The highest BCUT2D eigenvalue weighted by Gasteiger charge is 2.20. The molecule has 0 saturated carbocycles. The van der Waals surface area contributed by atoms with Gasteiger partial charge in [0.1, 0.15) is 0 Å². The lowest BCUT2D eigenvalue weighted by Crippen LogP contribution is -2.24. The number of hydrogen-bond donors (Lipinski definition) is 0. The van der Waals surface area contributed by atoms with E-state index in [9.17, 15) is 0 Å². The van der Waals surface area contributed by atoms with Gasteiger partial charge in [-0.15, -0.1) is 0 Å². The van der Waals surface area contributed by atoms with Crippen molar-refractivity contribution in [1.29, 1.82) is 0 Å². The molecular weight excluding hydrogens is 393 g/mol. The van der Waals surface area contributed by atoms with Crippen LogP contribution in [0.25, 0.3) is 0 Å². The molecule has 0 aromatic rings. The molecule has 0 aliphatic rings. The third-order valence-corrected chi connectivity index (χ3v) is 14.2. The van der Waals surface area contributed by atoms with Crippen LogP contribution in [0.15, 0.2) is 0 Å². The minimum atomic E-state index is -1.44. The van der Waals surface area contributed by atoms with E-state index in [0.717, 1.165) is 24.3 Å². The Morgan fingerprint density at radius 1 is 0.682 bits per heavy atom. The molecule has 0 N–H and O–H groups in total. The topological polar surface area (TPSA) is 36.9 Å². The molecule has 0 spiro atoms. The fraction of sp³-hybridized carbons (Fsp3) is 1.00. The molecule has 22 heavy (non-hydrogen) atoms. The Morgan fingerprint density at radius 2 is 1.00 bits per heavy atom. The molecule has 0 bridgehead atoms. The SMILES string of the molecule is CO[SiH](OC)C(C)CCSSSSCCC(C)[SiH](OC)OC. The van der Waals surface area contributed by atoms with Crippen LogP contribution in [-0.2, 0) is 17.7 Å². The average Bonchev–Trinajstić information content (AvgIpc) is 2.52. The fourth-order valence-corrected chi connectivity index (χ4v) is 12.0. The van der Waals surface area contributed by atoms with E-state index in [-0.39, 0.29) is 0 Å². The van der Waals surface area contributed by atoms with E-state index in [0.29, 0.717) is 11.1 Å². The summed E-state index contributed by atoms with van der Waals surface area (Å²) in [6.07, 6.45) is 2.32. The van der Waals surface area contributed by atoms with Gasteiger partial charge in [-0.05, 0) is 43.6 Å². The van der Waals surface area contributed by atoms with Gasteiger partial charge >= 0.3 is 18.6 Å². The first-order valence-corrected chi connectivity index (χ1v) is 15.7. The maximum absolute atomic E-state index is 5.41. The molecule has 0 heterocycles. The highest BCUT2D eigenvalue weighted by molar-refractivity contribution is 9.26. The molecule has 0 aliphatic carbocycles. The molecule has 2 unspecified atom stereocenters. The van der Waals surface area contributed by atoms with Crippen LogP contribution in [0.2, 0.25) is 11.1 Å². The van der Waals surface area contributed by atoms with Crippen molar-refractivity contribution in [1.82, 2.24) is 0 Å². The standard InChI is InChI=1S/C12H30O4S4Si2/c1-11(21(13-3)14-4)7-9-17-19-20-18-10-8-12(2)22(15-5)16-6/h11-12,21-22H,7-10H2,1-6H3. The van der Waals surface area contributed by atoms with Crippen LogP contribution in [0, 0.1) is 0 Å². The maximum atomic E-state index is 5.41. The third kappa shape index (κ3) is 11.3. The van der Waals surface area contributed by atoms with Gasteiger partial charge in [-0.2, -0.15) is 0 Å². The van der Waals surface area contributed by atoms with Crippen LogP contribution < -0.4 is 0 Å². The van der Waals surface area contributed by atoms with E-state index in [1.807, 2.05) is 41.2 Å². The van der Waals surface area contributed by atoms with Crippen molar-refractivity contribution in [2.45, 2.75) is 37.8 Å². The van der Waals surface area contributed by atoms with Gasteiger partial charge in [0, 0.05) is 39.9 Å². The van der Waals surface area contributed by atoms with Crippen LogP contribution >= 0.6 is 41.2 Å². The third-order valence-electron chi connectivity index (χ3n) is 3.30. The Balaban J connectivity index is 3.47. The van der Waals surface area contributed by atoms with Gasteiger partial charge in [0.05, 0.1) is 0 Å². The average molecular weight is 423 g/mol. The summed E-state index contributed by atoms with van der Waals surface area (Å²) in [6.45, 7) is 4.45. The van der Waals surface area contributed by atoms with Crippen molar-refractivity contribution in [2.75, 3.05) is 39.9 Å². The first-order chi connectivity index (χ1) is 10.6. The second kappa shape index (κ2) is 16.2. The Labute approximate surface area is 154 Å². The highest BCUT2D eigenvalue weighted by Crippen LogP contribution is 2.44. The molecule has 0 saturated heterocycles. The van der Waals surface area contributed by atoms with Gasteiger partial charge < -0.3 is 17.7 Å². The van der Waals surface area contributed by atoms with Gasteiger partial charge in [0.15, 0.2) is 0 Å². The molecule has 0 rings (SSSR count). The molecule has 0 amide bonds. The van der Waals surface area contributed by atoms with Crippen molar-refractivity contribution in [2.24, 2.45) is 0 Å². The molecule has 0 aliphatic heterocycles. The quantitative estimate of drug-likeness (QED) is 0.220. The smallest absolute Gasteiger partial charge is 0.323 e. The predicted molar refractivity (Wildman–Crippen MR) is 111 cm³/mol. The summed E-state index contributed by atoms with van der Waals surface area (Å²) in [5.74, 6) is 2.29. The zero-order valence-electron chi connectivity index (χ0n) is 14.4.